The van der Waals surface area contributed by atoms with E-state index in [0.717, 1.165) is 5.56 Å². The Morgan fingerprint density at radius 3 is 2.60 bits per heavy atom. The Balaban J connectivity index is 2.32. The monoisotopic (exact) mass is 275 g/mol. The van der Waals surface area contributed by atoms with E-state index in [9.17, 15) is 0 Å². The molecule has 0 saturated heterocycles. The van der Waals surface area contributed by atoms with Crippen LogP contribution < -0.4 is 5.32 Å². The minimum Gasteiger partial charge on any atom is -0.366 e. The molecule has 20 heavy (non-hydrogen) atoms. The predicted molar refractivity (Wildman–Crippen MR) is 76.3 cm³/mol. The lowest BCUT2D eigenvalue weighted by atomic mass is 10.1. The fraction of sp³-hybridized carbons (Fsp3) is 0.467. The predicted octanol–water partition coefficient (Wildman–Crippen LogP) is 2.65. The van der Waals surface area contributed by atoms with Gasteiger partial charge in [0.2, 0.25) is 11.7 Å². The maximum atomic E-state index is 5.77. The summed E-state index contributed by atoms with van der Waals surface area (Å²) in [7, 11) is 1.86. The highest BCUT2D eigenvalue weighted by Gasteiger charge is 2.28. The van der Waals surface area contributed by atoms with Gasteiger partial charge in [-0.1, -0.05) is 35.5 Å². The minimum absolute atomic E-state index is 0.300. The van der Waals surface area contributed by atoms with Gasteiger partial charge in [0.1, 0.15) is 6.10 Å². The van der Waals surface area contributed by atoms with E-state index in [0.29, 0.717) is 18.3 Å². The van der Waals surface area contributed by atoms with Crippen LogP contribution in [0.3, 0.4) is 0 Å². The van der Waals surface area contributed by atoms with Gasteiger partial charge in [-0.15, -0.1) is 0 Å². The summed E-state index contributed by atoms with van der Waals surface area (Å²) in [5, 5.41) is 7.22. The van der Waals surface area contributed by atoms with Crippen LogP contribution in [0.2, 0.25) is 0 Å². The quantitative estimate of drug-likeness (QED) is 0.878. The molecule has 1 aromatic carbocycles. The molecule has 0 bridgehead atoms. The molecule has 1 aromatic heterocycles. The van der Waals surface area contributed by atoms with E-state index in [1.54, 1.807) is 0 Å². The van der Waals surface area contributed by atoms with Crippen LogP contribution in [0.4, 0.5) is 0 Å². The van der Waals surface area contributed by atoms with Gasteiger partial charge < -0.3 is 14.6 Å². The first-order chi connectivity index (χ1) is 9.58. The van der Waals surface area contributed by atoms with Crippen molar-refractivity contribution in [2.24, 2.45) is 0 Å². The van der Waals surface area contributed by atoms with Crippen molar-refractivity contribution in [1.29, 1.82) is 0 Å². The van der Waals surface area contributed by atoms with Gasteiger partial charge in [-0.25, -0.2) is 0 Å². The number of hydrogen-bond acceptors (Lipinski definition) is 5. The van der Waals surface area contributed by atoms with Crippen LogP contribution in [-0.2, 0) is 10.3 Å². The fourth-order valence-corrected chi connectivity index (χ4v) is 1.82. The van der Waals surface area contributed by atoms with Crippen molar-refractivity contribution in [3.63, 3.8) is 0 Å². The Bertz CT molecular complexity index is 537. The molecule has 0 fully saturated rings. The van der Waals surface area contributed by atoms with Gasteiger partial charge in [-0.05, 0) is 33.4 Å². The van der Waals surface area contributed by atoms with E-state index in [1.807, 2.05) is 58.2 Å². The average molecular weight is 275 g/mol. The standard InChI is InChI=1S/C15H21N3O2/c1-5-19-12(11-9-7-6-8-10-11)13-17-14(20-18-13)15(2,3)16-4/h6-10,12,16H,5H2,1-4H3. The van der Waals surface area contributed by atoms with Crippen molar-refractivity contribution in [3.8, 4) is 0 Å². The molecule has 2 aromatic rings. The third-order valence-corrected chi connectivity index (χ3v) is 3.27. The normalized spacial score (nSPS) is 13.4. The maximum Gasteiger partial charge on any atom is 0.246 e. The van der Waals surface area contributed by atoms with Crippen LogP contribution >= 0.6 is 0 Å². The van der Waals surface area contributed by atoms with Crippen LogP contribution in [0, 0.1) is 0 Å². The first kappa shape index (κ1) is 14.7. The molecular formula is C15H21N3O2. The molecule has 108 valence electrons. The second-order valence-corrected chi connectivity index (χ2v) is 5.08. The Labute approximate surface area is 119 Å². The molecule has 0 amide bonds. The van der Waals surface area contributed by atoms with E-state index in [2.05, 4.69) is 15.5 Å². The van der Waals surface area contributed by atoms with Crippen molar-refractivity contribution >= 4 is 0 Å². The van der Waals surface area contributed by atoms with Crippen LogP contribution in [0.1, 0.15) is 44.2 Å². The molecule has 5 heteroatoms. The van der Waals surface area contributed by atoms with Crippen molar-refractivity contribution < 1.29 is 9.26 Å². The van der Waals surface area contributed by atoms with Gasteiger partial charge in [0.05, 0.1) is 5.54 Å². The number of ether oxygens (including phenoxy) is 1. The number of hydrogen-bond donors (Lipinski definition) is 1. The largest absolute Gasteiger partial charge is 0.366 e. The lowest BCUT2D eigenvalue weighted by Crippen LogP contribution is -2.33. The summed E-state index contributed by atoms with van der Waals surface area (Å²) in [6.07, 6.45) is -0.300. The van der Waals surface area contributed by atoms with E-state index in [4.69, 9.17) is 9.26 Å². The zero-order chi connectivity index (χ0) is 14.6. The van der Waals surface area contributed by atoms with Gasteiger partial charge in [0.15, 0.2) is 0 Å². The maximum absolute atomic E-state index is 5.77. The Kier molecular flexibility index (Phi) is 4.52. The molecular weight excluding hydrogens is 254 g/mol. The fourth-order valence-electron chi connectivity index (χ4n) is 1.82. The molecule has 5 nitrogen and oxygen atoms in total. The van der Waals surface area contributed by atoms with Crippen molar-refractivity contribution in [2.45, 2.75) is 32.4 Å². The molecule has 0 aliphatic carbocycles. The lowest BCUT2D eigenvalue weighted by molar-refractivity contribution is 0.0833. The molecule has 1 atom stereocenters. The second kappa shape index (κ2) is 6.15. The highest BCUT2D eigenvalue weighted by atomic mass is 16.5. The molecule has 1 unspecified atom stereocenters. The summed E-state index contributed by atoms with van der Waals surface area (Å²) < 4.78 is 11.1. The van der Waals surface area contributed by atoms with Crippen LogP contribution in [0.15, 0.2) is 34.9 Å². The molecule has 0 saturated carbocycles. The Morgan fingerprint density at radius 1 is 1.30 bits per heavy atom. The van der Waals surface area contributed by atoms with Crippen LogP contribution in [0.5, 0.6) is 0 Å². The zero-order valence-electron chi connectivity index (χ0n) is 12.4. The van der Waals surface area contributed by atoms with Gasteiger partial charge in [0.25, 0.3) is 0 Å². The molecule has 2 rings (SSSR count). The number of aromatic nitrogens is 2. The Morgan fingerprint density at radius 2 is 2.00 bits per heavy atom. The third kappa shape index (κ3) is 3.05. The summed E-state index contributed by atoms with van der Waals surface area (Å²) in [6, 6.07) is 9.91. The van der Waals surface area contributed by atoms with Gasteiger partial charge in [-0.3, -0.25) is 0 Å². The minimum atomic E-state index is -0.362. The summed E-state index contributed by atoms with van der Waals surface area (Å²) in [5.74, 6) is 1.10. The highest BCUT2D eigenvalue weighted by Crippen LogP contribution is 2.26. The number of rotatable bonds is 6. The second-order valence-electron chi connectivity index (χ2n) is 5.08. The van der Waals surface area contributed by atoms with Gasteiger partial charge >= 0.3 is 0 Å². The average Bonchev–Trinajstić information content (AvgIpc) is 2.96. The third-order valence-electron chi connectivity index (χ3n) is 3.27. The molecule has 1 heterocycles. The van der Waals surface area contributed by atoms with E-state index in [1.165, 1.54) is 0 Å². The number of nitrogens with one attached hydrogen (secondary N) is 1. The highest BCUT2D eigenvalue weighted by molar-refractivity contribution is 5.22. The van der Waals surface area contributed by atoms with Crippen molar-refractivity contribution in [1.82, 2.24) is 15.5 Å². The molecule has 1 N–H and O–H groups in total. The van der Waals surface area contributed by atoms with Crippen LogP contribution in [-0.4, -0.2) is 23.8 Å². The number of nitrogens with zero attached hydrogens (tertiary/aromatic N) is 2. The van der Waals surface area contributed by atoms with Crippen molar-refractivity contribution in [3.05, 3.63) is 47.6 Å². The first-order valence-electron chi connectivity index (χ1n) is 6.78. The van der Waals surface area contributed by atoms with Crippen molar-refractivity contribution in [2.75, 3.05) is 13.7 Å². The van der Waals surface area contributed by atoms with Gasteiger partial charge in [-0.2, -0.15) is 4.98 Å². The molecule has 0 spiro atoms. The molecule has 0 aliphatic rings. The first-order valence-corrected chi connectivity index (χ1v) is 6.78. The SMILES string of the molecule is CCOC(c1ccccc1)c1noc(C(C)(C)NC)n1. The summed E-state index contributed by atoms with van der Waals surface area (Å²) >= 11 is 0. The smallest absolute Gasteiger partial charge is 0.246 e. The van der Waals surface area contributed by atoms with E-state index >= 15 is 0 Å². The molecule has 0 aliphatic heterocycles. The van der Waals surface area contributed by atoms with E-state index in [-0.39, 0.29) is 11.6 Å². The summed E-state index contributed by atoms with van der Waals surface area (Å²) in [4.78, 5) is 4.48. The molecule has 0 radical (unpaired) electrons. The van der Waals surface area contributed by atoms with Crippen LogP contribution in [0.25, 0.3) is 0 Å². The number of benzene rings is 1. The van der Waals surface area contributed by atoms with E-state index < -0.39 is 0 Å². The van der Waals surface area contributed by atoms with Gasteiger partial charge in [0, 0.05) is 6.61 Å². The summed E-state index contributed by atoms with van der Waals surface area (Å²) in [6.45, 7) is 6.51. The zero-order valence-corrected chi connectivity index (χ0v) is 12.4. The summed E-state index contributed by atoms with van der Waals surface area (Å²) in [5.41, 5.74) is 0.655. The topological polar surface area (TPSA) is 60.2 Å². The lowest BCUT2D eigenvalue weighted by Gasteiger charge is -2.18. The Hall–Kier alpha value is -1.72.